The molecule has 1 aliphatic heterocycles. The van der Waals surface area contributed by atoms with Gasteiger partial charge in [-0.2, -0.15) is 0 Å². The summed E-state index contributed by atoms with van der Waals surface area (Å²) in [6.45, 7) is 1.98. The highest BCUT2D eigenvalue weighted by Gasteiger charge is 2.36. The summed E-state index contributed by atoms with van der Waals surface area (Å²) in [5.74, 6) is 2.78. The molecular weight excluding hydrogens is 244 g/mol. The van der Waals surface area contributed by atoms with Crippen molar-refractivity contribution in [1.82, 2.24) is 4.98 Å². The molecule has 2 unspecified atom stereocenters. The molecule has 2 fully saturated rings. The van der Waals surface area contributed by atoms with E-state index in [2.05, 4.69) is 15.2 Å². The third-order valence-corrected chi connectivity index (χ3v) is 4.31. The number of anilines is 2. The average molecular weight is 262 g/mol. The average Bonchev–Trinajstić information content (AvgIpc) is 2.98. The first-order valence-electron chi connectivity index (χ1n) is 6.76. The van der Waals surface area contributed by atoms with E-state index in [4.69, 9.17) is 0 Å². The van der Waals surface area contributed by atoms with Crippen LogP contribution in [0.2, 0.25) is 0 Å². The Labute approximate surface area is 112 Å². The molecule has 1 N–H and O–H groups in total. The second-order valence-electron chi connectivity index (χ2n) is 5.43. The first kappa shape index (κ1) is 12.2. The van der Waals surface area contributed by atoms with Gasteiger partial charge in [-0.05, 0) is 24.7 Å². The van der Waals surface area contributed by atoms with E-state index in [0.717, 1.165) is 30.7 Å². The van der Waals surface area contributed by atoms with Gasteiger partial charge in [-0.25, -0.2) is 4.98 Å². The topological polar surface area (TPSA) is 71.3 Å². The number of rotatable bonds is 3. The fraction of sp³-hybridized carbons (Fsp3) is 0.615. The Bertz CT molecular complexity index is 493. The van der Waals surface area contributed by atoms with Crippen molar-refractivity contribution in [3.63, 3.8) is 0 Å². The summed E-state index contributed by atoms with van der Waals surface area (Å²) in [4.78, 5) is 17.3. The largest absolute Gasteiger partial charge is 0.373 e. The lowest BCUT2D eigenvalue weighted by Crippen LogP contribution is -2.22. The minimum Gasteiger partial charge on any atom is -0.373 e. The number of hydrogen-bond donors (Lipinski definition) is 1. The van der Waals surface area contributed by atoms with E-state index in [-0.39, 0.29) is 10.6 Å². The van der Waals surface area contributed by atoms with Gasteiger partial charge in [0.2, 0.25) is 0 Å². The van der Waals surface area contributed by atoms with Crippen molar-refractivity contribution in [2.45, 2.75) is 19.3 Å². The van der Waals surface area contributed by atoms with Gasteiger partial charge in [-0.1, -0.05) is 6.42 Å². The predicted molar refractivity (Wildman–Crippen MR) is 73.5 cm³/mol. The Hall–Kier alpha value is -1.85. The zero-order chi connectivity index (χ0) is 13.4. The van der Waals surface area contributed by atoms with Gasteiger partial charge >= 0.3 is 0 Å². The van der Waals surface area contributed by atoms with Crippen LogP contribution < -0.4 is 10.2 Å². The molecule has 0 bridgehead atoms. The molecule has 3 rings (SSSR count). The minimum absolute atomic E-state index is 0.103. The molecule has 2 aliphatic rings. The van der Waals surface area contributed by atoms with Crippen LogP contribution in [0, 0.1) is 22.0 Å². The first-order chi connectivity index (χ1) is 9.17. The summed E-state index contributed by atoms with van der Waals surface area (Å²) in [6, 6.07) is 3.06. The third-order valence-electron chi connectivity index (χ3n) is 4.31. The van der Waals surface area contributed by atoms with E-state index in [0.29, 0.717) is 5.82 Å². The lowest BCUT2D eigenvalue weighted by atomic mass is 10.0. The Balaban J connectivity index is 1.88. The number of nitrogens with zero attached hydrogens (tertiary/aromatic N) is 3. The number of aromatic nitrogens is 1. The van der Waals surface area contributed by atoms with E-state index in [1.807, 2.05) is 0 Å². The summed E-state index contributed by atoms with van der Waals surface area (Å²) in [7, 11) is 1.73. The lowest BCUT2D eigenvalue weighted by molar-refractivity contribution is -0.384. The fourth-order valence-electron chi connectivity index (χ4n) is 3.32. The second-order valence-corrected chi connectivity index (χ2v) is 5.43. The van der Waals surface area contributed by atoms with Crippen molar-refractivity contribution in [3.8, 4) is 0 Å². The maximum Gasteiger partial charge on any atom is 0.276 e. The van der Waals surface area contributed by atoms with Crippen LogP contribution in [-0.4, -0.2) is 30.0 Å². The summed E-state index contributed by atoms with van der Waals surface area (Å²) in [5.41, 5.74) is 0.103. The standard InChI is InChI=1S/C13H18N4O2/c1-14-12-5-11(17(18)19)6-13(15-12)16-7-9-3-2-4-10(9)8-16/h5-6,9-10H,2-4,7-8H2,1H3,(H,14,15). The van der Waals surface area contributed by atoms with Crippen LogP contribution in [-0.2, 0) is 0 Å². The quantitative estimate of drug-likeness (QED) is 0.668. The Morgan fingerprint density at radius 2 is 2.05 bits per heavy atom. The maximum absolute atomic E-state index is 11.0. The van der Waals surface area contributed by atoms with Crippen molar-refractivity contribution in [1.29, 1.82) is 0 Å². The molecule has 2 heterocycles. The van der Waals surface area contributed by atoms with Gasteiger partial charge in [-0.15, -0.1) is 0 Å². The molecule has 1 saturated carbocycles. The monoisotopic (exact) mass is 262 g/mol. The first-order valence-corrected chi connectivity index (χ1v) is 6.76. The molecule has 102 valence electrons. The molecule has 0 aromatic carbocycles. The van der Waals surface area contributed by atoms with Gasteiger partial charge in [0.05, 0.1) is 17.1 Å². The number of fused-ring (bicyclic) bond motifs is 1. The summed E-state index contributed by atoms with van der Waals surface area (Å²) in [6.07, 6.45) is 3.90. The zero-order valence-corrected chi connectivity index (χ0v) is 11.0. The smallest absolute Gasteiger partial charge is 0.276 e. The molecule has 1 saturated heterocycles. The van der Waals surface area contributed by atoms with Crippen molar-refractivity contribution >= 4 is 17.3 Å². The van der Waals surface area contributed by atoms with Gasteiger partial charge in [0, 0.05) is 20.1 Å². The van der Waals surface area contributed by atoms with Crippen LogP contribution >= 0.6 is 0 Å². The molecular formula is C13H18N4O2. The summed E-state index contributed by atoms with van der Waals surface area (Å²) >= 11 is 0. The van der Waals surface area contributed by atoms with Crippen molar-refractivity contribution in [2.75, 3.05) is 30.4 Å². The Morgan fingerprint density at radius 3 is 2.63 bits per heavy atom. The lowest BCUT2D eigenvalue weighted by Gasteiger charge is -2.18. The van der Waals surface area contributed by atoms with Gasteiger partial charge in [-0.3, -0.25) is 10.1 Å². The van der Waals surface area contributed by atoms with Crippen LogP contribution in [0.25, 0.3) is 0 Å². The van der Waals surface area contributed by atoms with E-state index < -0.39 is 0 Å². The van der Waals surface area contributed by atoms with Gasteiger partial charge in [0.1, 0.15) is 11.6 Å². The van der Waals surface area contributed by atoms with Crippen molar-refractivity contribution < 1.29 is 4.92 Å². The maximum atomic E-state index is 11.0. The number of nitrogens with one attached hydrogen (secondary N) is 1. The molecule has 1 aromatic rings. The number of nitro groups is 1. The van der Waals surface area contributed by atoms with E-state index in [1.165, 1.54) is 25.3 Å². The highest BCUT2D eigenvalue weighted by Crippen LogP contribution is 2.39. The normalized spacial score (nSPS) is 25.4. The molecule has 1 aromatic heterocycles. The molecule has 0 spiro atoms. The molecule has 0 radical (unpaired) electrons. The van der Waals surface area contributed by atoms with Gasteiger partial charge < -0.3 is 10.2 Å². The van der Waals surface area contributed by atoms with E-state index in [9.17, 15) is 10.1 Å². The minimum atomic E-state index is -0.358. The Kier molecular flexibility index (Phi) is 3.00. The fourth-order valence-corrected chi connectivity index (χ4v) is 3.32. The molecule has 2 atom stereocenters. The molecule has 6 nitrogen and oxygen atoms in total. The molecule has 19 heavy (non-hydrogen) atoms. The van der Waals surface area contributed by atoms with Crippen LogP contribution in [0.1, 0.15) is 19.3 Å². The van der Waals surface area contributed by atoms with Crippen LogP contribution in [0.3, 0.4) is 0 Å². The predicted octanol–water partition coefficient (Wildman–Crippen LogP) is 2.27. The molecule has 1 aliphatic carbocycles. The number of pyridine rings is 1. The Morgan fingerprint density at radius 1 is 1.37 bits per heavy atom. The van der Waals surface area contributed by atoms with Crippen molar-refractivity contribution in [2.24, 2.45) is 11.8 Å². The highest BCUT2D eigenvalue weighted by molar-refractivity contribution is 5.56. The highest BCUT2D eigenvalue weighted by atomic mass is 16.6. The van der Waals surface area contributed by atoms with E-state index in [1.54, 1.807) is 13.1 Å². The van der Waals surface area contributed by atoms with E-state index >= 15 is 0 Å². The zero-order valence-electron chi connectivity index (χ0n) is 11.0. The van der Waals surface area contributed by atoms with Gasteiger partial charge in [0.15, 0.2) is 0 Å². The van der Waals surface area contributed by atoms with Crippen LogP contribution in [0.15, 0.2) is 12.1 Å². The number of hydrogen-bond acceptors (Lipinski definition) is 5. The summed E-state index contributed by atoms with van der Waals surface area (Å²) in [5, 5.41) is 13.9. The van der Waals surface area contributed by atoms with Crippen LogP contribution in [0.4, 0.5) is 17.3 Å². The summed E-state index contributed by atoms with van der Waals surface area (Å²) < 4.78 is 0. The molecule has 6 heteroatoms. The second kappa shape index (κ2) is 4.68. The van der Waals surface area contributed by atoms with Crippen LogP contribution in [0.5, 0.6) is 0 Å². The van der Waals surface area contributed by atoms with Crippen molar-refractivity contribution in [3.05, 3.63) is 22.2 Å². The third kappa shape index (κ3) is 2.22. The molecule has 0 amide bonds. The SMILES string of the molecule is CNc1cc([N+](=O)[O-])cc(N2CC3CCCC3C2)n1. The van der Waals surface area contributed by atoms with Gasteiger partial charge in [0.25, 0.3) is 5.69 Å².